The highest BCUT2D eigenvalue weighted by Crippen LogP contribution is 2.20. The third-order valence-electron chi connectivity index (χ3n) is 5.16. The molecule has 2 aromatic carbocycles. The maximum atomic E-state index is 12.5. The minimum atomic E-state index is -0.0629. The van der Waals surface area contributed by atoms with Gasteiger partial charge in [0.1, 0.15) is 0 Å². The zero-order valence-corrected chi connectivity index (χ0v) is 17.7. The quantitative estimate of drug-likeness (QED) is 0.590. The number of nitrogens with zero attached hydrogens (tertiary/aromatic N) is 3. The van der Waals surface area contributed by atoms with Crippen molar-refractivity contribution in [3.05, 3.63) is 58.9 Å². The molecule has 0 bridgehead atoms. The Balaban J connectivity index is 1.37. The van der Waals surface area contributed by atoms with Gasteiger partial charge in [0.25, 0.3) is 0 Å². The molecule has 1 aromatic heterocycles. The monoisotopic (exact) mass is 423 g/mol. The number of nitrogens with one attached hydrogen (secondary N) is 2. The van der Waals surface area contributed by atoms with E-state index >= 15 is 0 Å². The lowest BCUT2D eigenvalue weighted by molar-refractivity contribution is -0.116. The van der Waals surface area contributed by atoms with Crippen LogP contribution in [0.25, 0.3) is 11.4 Å². The molecule has 0 atom stereocenters. The first-order valence-corrected chi connectivity index (χ1v) is 10.5. The minimum Gasteiger partial charge on any atom is -0.378 e. The fourth-order valence-corrected chi connectivity index (χ4v) is 3.69. The third-order valence-corrected chi connectivity index (χ3v) is 5.47. The Hall–Kier alpha value is -2.97. The second-order valence-electron chi connectivity index (χ2n) is 7.31. The van der Waals surface area contributed by atoms with Crippen LogP contribution < -0.4 is 10.2 Å². The van der Waals surface area contributed by atoms with E-state index in [0.717, 1.165) is 49.1 Å². The molecule has 2 heterocycles. The number of carbonyl (C=O) groups is 1. The van der Waals surface area contributed by atoms with Crippen LogP contribution in [0, 0.1) is 11.7 Å². The first-order chi connectivity index (χ1) is 14.6. The summed E-state index contributed by atoms with van der Waals surface area (Å²) in [5, 5.41) is 10.1. The normalized spacial score (nSPS) is 14.0. The van der Waals surface area contributed by atoms with Crippen LogP contribution in [0.2, 0.25) is 0 Å². The summed E-state index contributed by atoms with van der Waals surface area (Å²) >= 11 is 5.36. The van der Waals surface area contributed by atoms with Gasteiger partial charge in [-0.1, -0.05) is 29.8 Å². The molecule has 156 valence electrons. The summed E-state index contributed by atoms with van der Waals surface area (Å²) in [7, 11) is 0. The number of anilines is 2. The van der Waals surface area contributed by atoms with Gasteiger partial charge in [0.2, 0.25) is 5.91 Å². The Morgan fingerprint density at radius 3 is 2.53 bits per heavy atom. The summed E-state index contributed by atoms with van der Waals surface area (Å²) in [6, 6.07) is 16.0. The molecule has 3 aromatic rings. The molecule has 0 unspecified atom stereocenters. The van der Waals surface area contributed by atoms with E-state index in [4.69, 9.17) is 17.0 Å². The Bertz CT molecular complexity index is 1050. The number of hydrogen-bond donors (Lipinski definition) is 2. The molecule has 0 spiro atoms. The Morgan fingerprint density at radius 1 is 1.13 bits per heavy atom. The number of aryl methyl sites for hydroxylation is 1. The van der Waals surface area contributed by atoms with Gasteiger partial charge in [-0.25, -0.2) is 0 Å². The molecule has 0 radical (unpaired) electrons. The van der Waals surface area contributed by atoms with Gasteiger partial charge in [0.05, 0.1) is 13.2 Å². The van der Waals surface area contributed by atoms with Gasteiger partial charge in [-0.05, 0) is 43.4 Å². The van der Waals surface area contributed by atoms with Crippen molar-refractivity contribution in [2.24, 2.45) is 0 Å². The number of benzene rings is 2. The number of hydrogen-bond acceptors (Lipinski definition) is 5. The summed E-state index contributed by atoms with van der Waals surface area (Å²) in [6.07, 6.45) is 0.303. The van der Waals surface area contributed by atoms with Gasteiger partial charge in [0.15, 0.2) is 10.6 Å². The SMILES string of the molecule is Cc1ccc(-c2n[nH]c(=S)n2CCC(=O)Nc2ccc(N3CCOCC3)cc2)cc1. The number of carbonyl (C=O) groups excluding carboxylic acids is 1. The van der Waals surface area contributed by atoms with Gasteiger partial charge in [-0.2, -0.15) is 5.10 Å². The number of aromatic amines is 1. The molecule has 8 heteroatoms. The van der Waals surface area contributed by atoms with Crippen molar-refractivity contribution < 1.29 is 9.53 Å². The third kappa shape index (κ3) is 4.77. The zero-order valence-electron chi connectivity index (χ0n) is 16.9. The van der Waals surface area contributed by atoms with Gasteiger partial charge in [-0.3, -0.25) is 14.5 Å². The van der Waals surface area contributed by atoms with Crippen molar-refractivity contribution in [3.8, 4) is 11.4 Å². The highest BCUT2D eigenvalue weighted by atomic mass is 32.1. The Kier molecular flexibility index (Phi) is 6.25. The summed E-state index contributed by atoms with van der Waals surface area (Å²) in [6.45, 7) is 5.77. The van der Waals surface area contributed by atoms with Crippen LogP contribution in [-0.4, -0.2) is 47.0 Å². The van der Waals surface area contributed by atoms with Crippen molar-refractivity contribution in [3.63, 3.8) is 0 Å². The topological polar surface area (TPSA) is 75.2 Å². The molecule has 1 amide bonds. The zero-order chi connectivity index (χ0) is 20.9. The molecular weight excluding hydrogens is 398 g/mol. The second kappa shape index (κ2) is 9.23. The number of H-pyrrole nitrogens is 1. The number of amides is 1. The van der Waals surface area contributed by atoms with Crippen molar-refractivity contribution >= 4 is 29.5 Å². The van der Waals surface area contributed by atoms with E-state index in [9.17, 15) is 4.79 Å². The molecule has 1 fully saturated rings. The first kappa shape index (κ1) is 20.3. The van der Waals surface area contributed by atoms with Crippen LogP contribution in [0.1, 0.15) is 12.0 Å². The van der Waals surface area contributed by atoms with Crippen LogP contribution in [0.5, 0.6) is 0 Å². The predicted molar refractivity (Wildman–Crippen MR) is 120 cm³/mol. The lowest BCUT2D eigenvalue weighted by Gasteiger charge is -2.28. The van der Waals surface area contributed by atoms with Crippen LogP contribution in [0.4, 0.5) is 11.4 Å². The van der Waals surface area contributed by atoms with E-state index in [2.05, 4.69) is 20.4 Å². The molecule has 4 rings (SSSR count). The molecule has 0 saturated carbocycles. The van der Waals surface area contributed by atoms with Gasteiger partial charge in [-0.15, -0.1) is 0 Å². The fraction of sp³-hybridized carbons (Fsp3) is 0.318. The molecule has 0 aliphatic carbocycles. The van der Waals surface area contributed by atoms with Crippen LogP contribution in [0.15, 0.2) is 48.5 Å². The average molecular weight is 424 g/mol. The maximum absolute atomic E-state index is 12.5. The van der Waals surface area contributed by atoms with Gasteiger partial charge < -0.3 is 15.0 Å². The summed E-state index contributed by atoms with van der Waals surface area (Å²) in [5.74, 6) is 0.676. The molecule has 1 aliphatic rings. The number of rotatable bonds is 6. The van der Waals surface area contributed by atoms with E-state index in [-0.39, 0.29) is 5.91 Å². The minimum absolute atomic E-state index is 0.0629. The van der Waals surface area contributed by atoms with E-state index in [0.29, 0.717) is 17.7 Å². The van der Waals surface area contributed by atoms with E-state index < -0.39 is 0 Å². The second-order valence-corrected chi connectivity index (χ2v) is 7.70. The van der Waals surface area contributed by atoms with E-state index in [1.807, 2.05) is 60.0 Å². The molecule has 2 N–H and O–H groups in total. The highest BCUT2D eigenvalue weighted by molar-refractivity contribution is 7.71. The number of aromatic nitrogens is 3. The molecule has 1 saturated heterocycles. The first-order valence-electron chi connectivity index (χ1n) is 10.0. The van der Waals surface area contributed by atoms with Crippen LogP contribution in [-0.2, 0) is 16.1 Å². The van der Waals surface area contributed by atoms with Gasteiger partial charge >= 0.3 is 0 Å². The molecular formula is C22H25N5O2S. The number of morpholine rings is 1. The van der Waals surface area contributed by atoms with Gasteiger partial charge in [0, 0.05) is 43.0 Å². The maximum Gasteiger partial charge on any atom is 0.226 e. The molecule has 7 nitrogen and oxygen atoms in total. The molecule has 30 heavy (non-hydrogen) atoms. The highest BCUT2D eigenvalue weighted by Gasteiger charge is 2.13. The van der Waals surface area contributed by atoms with Crippen molar-refractivity contribution in [2.75, 3.05) is 36.5 Å². The van der Waals surface area contributed by atoms with E-state index in [1.165, 1.54) is 5.56 Å². The predicted octanol–water partition coefficient (Wildman–Crippen LogP) is 3.78. The summed E-state index contributed by atoms with van der Waals surface area (Å²) < 4.78 is 7.76. The summed E-state index contributed by atoms with van der Waals surface area (Å²) in [4.78, 5) is 14.8. The Labute approximate surface area is 180 Å². The molecule has 1 aliphatic heterocycles. The smallest absolute Gasteiger partial charge is 0.226 e. The Morgan fingerprint density at radius 2 is 1.83 bits per heavy atom. The van der Waals surface area contributed by atoms with Crippen LogP contribution in [0.3, 0.4) is 0 Å². The largest absolute Gasteiger partial charge is 0.378 e. The van der Waals surface area contributed by atoms with Crippen LogP contribution >= 0.6 is 12.2 Å². The summed E-state index contributed by atoms with van der Waals surface area (Å²) in [5.41, 5.74) is 4.07. The lowest BCUT2D eigenvalue weighted by atomic mass is 10.1. The van der Waals surface area contributed by atoms with E-state index in [1.54, 1.807) is 0 Å². The van der Waals surface area contributed by atoms with Crippen molar-refractivity contribution in [1.29, 1.82) is 0 Å². The average Bonchev–Trinajstić information content (AvgIpc) is 3.14. The van der Waals surface area contributed by atoms with Crippen molar-refractivity contribution in [1.82, 2.24) is 14.8 Å². The fourth-order valence-electron chi connectivity index (χ4n) is 3.46. The standard InChI is InChI=1S/C22H25N5O2S/c1-16-2-4-17(5-3-16)21-24-25-22(30)27(21)11-10-20(28)23-18-6-8-19(9-7-18)26-12-14-29-15-13-26/h2-9H,10-15H2,1H3,(H,23,28)(H,25,30). The number of ether oxygens (including phenoxy) is 1. The van der Waals surface area contributed by atoms with Crippen molar-refractivity contribution in [2.45, 2.75) is 19.9 Å². The lowest BCUT2D eigenvalue weighted by Crippen LogP contribution is -2.36.